The molecule has 0 amide bonds. The van der Waals surface area contributed by atoms with E-state index in [9.17, 15) is 4.79 Å². The molecule has 0 spiro atoms. The van der Waals surface area contributed by atoms with E-state index >= 15 is 0 Å². The standard InChI is InChI=1S/C24H23N7O2/c1-4-6-15-7-5-8-16-11-18(31(17-9-10-17)24(32)19(15)16)13(2)28-22-20(21(25)26-12-27-22)23-30-29-14(3)33-23/h5,7-8,11-13,17H,9-10H2,1-3H3,(H3,25,26,27,28). The molecule has 3 N–H and O–H groups in total. The first-order valence-corrected chi connectivity index (χ1v) is 10.8. The van der Waals surface area contributed by atoms with Crippen LogP contribution in [0.25, 0.3) is 22.2 Å². The molecular weight excluding hydrogens is 418 g/mol. The highest BCUT2D eigenvalue weighted by Crippen LogP contribution is 2.38. The average molecular weight is 441 g/mol. The van der Waals surface area contributed by atoms with Crippen LogP contribution in [-0.2, 0) is 0 Å². The van der Waals surface area contributed by atoms with Gasteiger partial charge in [-0.1, -0.05) is 18.1 Å². The van der Waals surface area contributed by atoms with E-state index in [1.165, 1.54) is 6.33 Å². The molecular formula is C24H23N7O2. The lowest BCUT2D eigenvalue weighted by atomic mass is 10.0. The van der Waals surface area contributed by atoms with Crippen LogP contribution in [-0.4, -0.2) is 24.7 Å². The fraction of sp³-hybridized carbons (Fsp3) is 0.292. The second-order valence-electron chi connectivity index (χ2n) is 8.10. The molecule has 0 radical (unpaired) electrons. The van der Waals surface area contributed by atoms with Crippen molar-refractivity contribution in [3.8, 4) is 23.3 Å². The maximum Gasteiger partial charge on any atom is 0.260 e. The summed E-state index contributed by atoms with van der Waals surface area (Å²) in [7, 11) is 0. The van der Waals surface area contributed by atoms with Gasteiger partial charge in [-0.3, -0.25) is 4.79 Å². The Morgan fingerprint density at radius 1 is 1.27 bits per heavy atom. The summed E-state index contributed by atoms with van der Waals surface area (Å²) >= 11 is 0. The molecule has 166 valence electrons. The van der Waals surface area contributed by atoms with Gasteiger partial charge < -0.3 is 20.0 Å². The zero-order valence-electron chi connectivity index (χ0n) is 18.6. The lowest BCUT2D eigenvalue weighted by Crippen LogP contribution is -2.27. The summed E-state index contributed by atoms with van der Waals surface area (Å²) in [5, 5.41) is 12.9. The van der Waals surface area contributed by atoms with Crippen LogP contribution in [0.5, 0.6) is 0 Å². The summed E-state index contributed by atoms with van der Waals surface area (Å²) in [5.41, 5.74) is 8.15. The van der Waals surface area contributed by atoms with Crippen LogP contribution >= 0.6 is 0 Å². The molecule has 4 aromatic rings. The maximum atomic E-state index is 13.6. The minimum absolute atomic E-state index is 0.0213. The number of rotatable bonds is 5. The Labute approximate surface area is 190 Å². The minimum atomic E-state index is -0.263. The maximum absolute atomic E-state index is 13.6. The average Bonchev–Trinajstić information content (AvgIpc) is 3.54. The first kappa shape index (κ1) is 20.7. The van der Waals surface area contributed by atoms with E-state index in [1.54, 1.807) is 13.8 Å². The quantitative estimate of drug-likeness (QED) is 0.450. The first-order valence-electron chi connectivity index (χ1n) is 10.8. The van der Waals surface area contributed by atoms with Gasteiger partial charge >= 0.3 is 0 Å². The Morgan fingerprint density at radius 2 is 2.09 bits per heavy atom. The highest BCUT2D eigenvalue weighted by Gasteiger charge is 2.30. The molecule has 0 bridgehead atoms. The van der Waals surface area contributed by atoms with Gasteiger partial charge in [-0.05, 0) is 44.2 Å². The smallest absolute Gasteiger partial charge is 0.260 e. The zero-order valence-corrected chi connectivity index (χ0v) is 18.6. The number of hydrogen-bond donors (Lipinski definition) is 2. The van der Waals surface area contributed by atoms with Gasteiger partial charge in [-0.25, -0.2) is 9.97 Å². The van der Waals surface area contributed by atoms with E-state index in [4.69, 9.17) is 10.2 Å². The van der Waals surface area contributed by atoms with Crippen molar-refractivity contribution in [3.63, 3.8) is 0 Å². The third-order valence-electron chi connectivity index (χ3n) is 5.70. The Kier molecular flexibility index (Phi) is 5.05. The van der Waals surface area contributed by atoms with Gasteiger partial charge in [0.2, 0.25) is 5.89 Å². The third-order valence-corrected chi connectivity index (χ3v) is 5.70. The number of benzene rings is 1. The molecule has 1 atom stereocenters. The number of aromatic nitrogens is 5. The Hall–Kier alpha value is -4.19. The van der Waals surface area contributed by atoms with Crippen LogP contribution in [0.4, 0.5) is 11.6 Å². The van der Waals surface area contributed by atoms with Gasteiger partial charge in [0.25, 0.3) is 11.4 Å². The number of pyridine rings is 1. The molecule has 1 aliphatic carbocycles. The topological polar surface area (TPSA) is 125 Å². The predicted octanol–water partition coefficient (Wildman–Crippen LogP) is 3.61. The second-order valence-corrected chi connectivity index (χ2v) is 8.10. The van der Waals surface area contributed by atoms with Crippen molar-refractivity contribution in [2.75, 3.05) is 11.1 Å². The number of fused-ring (bicyclic) bond motifs is 1. The van der Waals surface area contributed by atoms with Crippen molar-refractivity contribution in [2.45, 2.75) is 45.7 Å². The van der Waals surface area contributed by atoms with Gasteiger partial charge in [0, 0.05) is 24.2 Å². The fourth-order valence-corrected chi connectivity index (χ4v) is 4.07. The van der Waals surface area contributed by atoms with Crippen LogP contribution in [0.2, 0.25) is 0 Å². The van der Waals surface area contributed by atoms with Crippen LogP contribution in [0.1, 0.15) is 55.9 Å². The first-order chi connectivity index (χ1) is 16.0. The summed E-state index contributed by atoms with van der Waals surface area (Å²) in [6, 6.07) is 7.72. The number of nitrogen functional groups attached to an aromatic ring is 1. The third kappa shape index (κ3) is 3.69. The summed E-state index contributed by atoms with van der Waals surface area (Å²) < 4.78 is 7.46. The monoisotopic (exact) mass is 441 g/mol. The molecule has 3 heterocycles. The van der Waals surface area contributed by atoms with Gasteiger partial charge in [0.05, 0.1) is 11.4 Å². The molecule has 1 fully saturated rings. The van der Waals surface area contributed by atoms with Gasteiger partial charge in [-0.2, -0.15) is 0 Å². The lowest BCUT2D eigenvalue weighted by Gasteiger charge is -2.22. The van der Waals surface area contributed by atoms with E-state index in [1.807, 2.05) is 29.7 Å². The van der Waals surface area contributed by atoms with Gasteiger partial charge in [0.1, 0.15) is 23.5 Å². The van der Waals surface area contributed by atoms with E-state index in [-0.39, 0.29) is 29.4 Å². The number of nitrogens with one attached hydrogen (secondary N) is 1. The molecule has 3 aromatic heterocycles. The second kappa shape index (κ2) is 8.06. The van der Waals surface area contributed by atoms with Crippen LogP contribution < -0.4 is 16.6 Å². The molecule has 1 saturated carbocycles. The molecule has 0 aliphatic heterocycles. The Bertz CT molecular complexity index is 1490. The summed E-state index contributed by atoms with van der Waals surface area (Å²) in [6.45, 7) is 5.46. The normalized spacial score (nSPS) is 14.0. The highest BCUT2D eigenvalue weighted by molar-refractivity contribution is 5.88. The number of anilines is 2. The van der Waals surface area contributed by atoms with Crippen molar-refractivity contribution in [1.29, 1.82) is 0 Å². The number of aryl methyl sites for hydroxylation is 1. The van der Waals surface area contributed by atoms with Crippen LogP contribution in [0, 0.1) is 18.8 Å². The number of nitrogens with zero attached hydrogens (tertiary/aromatic N) is 5. The number of nitrogens with two attached hydrogens (primary N) is 1. The highest BCUT2D eigenvalue weighted by atomic mass is 16.4. The summed E-state index contributed by atoms with van der Waals surface area (Å²) in [4.78, 5) is 22.1. The van der Waals surface area contributed by atoms with Crippen molar-refractivity contribution < 1.29 is 4.42 Å². The number of hydrogen-bond acceptors (Lipinski definition) is 8. The molecule has 5 rings (SSSR count). The van der Waals surface area contributed by atoms with E-state index in [2.05, 4.69) is 43.4 Å². The molecule has 1 aromatic carbocycles. The summed E-state index contributed by atoms with van der Waals surface area (Å²) in [5.74, 6) is 7.31. The molecule has 0 saturated heterocycles. The van der Waals surface area contributed by atoms with Gasteiger partial charge in [0.15, 0.2) is 0 Å². The molecule has 1 unspecified atom stereocenters. The Balaban J connectivity index is 1.63. The van der Waals surface area contributed by atoms with E-state index < -0.39 is 0 Å². The van der Waals surface area contributed by atoms with Gasteiger partial charge in [-0.15, -0.1) is 16.1 Å². The fourth-order valence-electron chi connectivity index (χ4n) is 4.07. The molecule has 33 heavy (non-hydrogen) atoms. The summed E-state index contributed by atoms with van der Waals surface area (Å²) in [6.07, 6.45) is 3.32. The SMILES string of the molecule is CC#Cc1cccc2cc(C(C)Nc3ncnc(N)c3-c3nnc(C)o3)n(C3CC3)c(=O)c12. The van der Waals surface area contributed by atoms with Crippen molar-refractivity contribution >= 4 is 22.4 Å². The van der Waals surface area contributed by atoms with E-state index in [0.29, 0.717) is 22.7 Å². The van der Waals surface area contributed by atoms with E-state index in [0.717, 1.165) is 29.5 Å². The largest absolute Gasteiger partial charge is 0.421 e. The van der Waals surface area contributed by atoms with Crippen molar-refractivity contribution in [1.82, 2.24) is 24.7 Å². The van der Waals surface area contributed by atoms with Crippen molar-refractivity contribution in [3.05, 3.63) is 58.1 Å². The van der Waals surface area contributed by atoms with Crippen LogP contribution in [0.3, 0.4) is 0 Å². The minimum Gasteiger partial charge on any atom is -0.421 e. The zero-order chi connectivity index (χ0) is 23.1. The van der Waals surface area contributed by atoms with Crippen LogP contribution in [0.15, 0.2) is 39.8 Å². The predicted molar refractivity (Wildman–Crippen MR) is 126 cm³/mol. The lowest BCUT2D eigenvalue weighted by molar-refractivity contribution is 0.532. The Morgan fingerprint density at radius 3 is 2.79 bits per heavy atom. The molecule has 1 aliphatic rings. The van der Waals surface area contributed by atoms with Crippen molar-refractivity contribution in [2.24, 2.45) is 0 Å². The molecule has 9 heteroatoms. The molecule has 9 nitrogen and oxygen atoms in total.